The van der Waals surface area contributed by atoms with Crippen LogP contribution >= 0.6 is 0 Å². The van der Waals surface area contributed by atoms with Crippen molar-refractivity contribution in [3.8, 4) is 0 Å². The van der Waals surface area contributed by atoms with E-state index in [1.165, 1.54) is 38.6 Å². The molecular formula is C10H19N. The molecule has 0 bridgehead atoms. The topological polar surface area (TPSA) is 12.0 Å². The van der Waals surface area contributed by atoms with Gasteiger partial charge < -0.3 is 5.32 Å². The summed E-state index contributed by atoms with van der Waals surface area (Å²) >= 11 is 0. The average molecular weight is 153 g/mol. The van der Waals surface area contributed by atoms with Crippen LogP contribution in [-0.2, 0) is 0 Å². The standard InChI is InChI=1S/C10H19N/c1-3-8-11-10(6-7-10)9(2)4-5-9/h11H,3-8H2,1-2H3. The predicted molar refractivity (Wildman–Crippen MR) is 47.6 cm³/mol. The molecule has 0 atom stereocenters. The average Bonchev–Trinajstić information content (AvgIpc) is 2.81. The quantitative estimate of drug-likeness (QED) is 0.653. The summed E-state index contributed by atoms with van der Waals surface area (Å²) in [6, 6.07) is 0. The van der Waals surface area contributed by atoms with Crippen molar-refractivity contribution in [2.45, 2.75) is 51.5 Å². The molecule has 0 spiro atoms. The highest BCUT2D eigenvalue weighted by Gasteiger charge is 2.61. The van der Waals surface area contributed by atoms with Gasteiger partial charge in [0.05, 0.1) is 0 Å². The van der Waals surface area contributed by atoms with Crippen molar-refractivity contribution in [3.05, 3.63) is 0 Å². The van der Waals surface area contributed by atoms with Crippen molar-refractivity contribution in [1.82, 2.24) is 5.32 Å². The van der Waals surface area contributed by atoms with Crippen LogP contribution in [0.15, 0.2) is 0 Å². The maximum absolute atomic E-state index is 3.72. The first kappa shape index (κ1) is 7.60. The van der Waals surface area contributed by atoms with Gasteiger partial charge in [0.15, 0.2) is 0 Å². The largest absolute Gasteiger partial charge is 0.311 e. The van der Waals surface area contributed by atoms with Gasteiger partial charge >= 0.3 is 0 Å². The van der Waals surface area contributed by atoms with E-state index in [1.54, 1.807) is 0 Å². The molecule has 2 aliphatic rings. The lowest BCUT2D eigenvalue weighted by molar-refractivity contribution is 0.335. The van der Waals surface area contributed by atoms with E-state index in [9.17, 15) is 0 Å². The van der Waals surface area contributed by atoms with Crippen LogP contribution in [0.3, 0.4) is 0 Å². The Morgan fingerprint density at radius 3 is 2.18 bits per heavy atom. The van der Waals surface area contributed by atoms with E-state index >= 15 is 0 Å². The molecule has 0 amide bonds. The van der Waals surface area contributed by atoms with Gasteiger partial charge in [0.25, 0.3) is 0 Å². The highest BCUT2D eigenvalue weighted by Crippen LogP contribution is 2.63. The van der Waals surface area contributed by atoms with Crippen molar-refractivity contribution < 1.29 is 0 Å². The van der Waals surface area contributed by atoms with E-state index in [4.69, 9.17) is 0 Å². The number of rotatable bonds is 4. The molecule has 0 radical (unpaired) electrons. The van der Waals surface area contributed by atoms with Gasteiger partial charge in [-0.2, -0.15) is 0 Å². The summed E-state index contributed by atoms with van der Waals surface area (Å²) in [4.78, 5) is 0. The summed E-state index contributed by atoms with van der Waals surface area (Å²) in [5.74, 6) is 0. The van der Waals surface area contributed by atoms with E-state index in [2.05, 4.69) is 19.2 Å². The van der Waals surface area contributed by atoms with Crippen LogP contribution in [0.5, 0.6) is 0 Å². The lowest BCUT2D eigenvalue weighted by atomic mass is 9.96. The van der Waals surface area contributed by atoms with Crippen molar-refractivity contribution in [1.29, 1.82) is 0 Å². The molecule has 0 aromatic heterocycles. The van der Waals surface area contributed by atoms with Crippen LogP contribution in [0.25, 0.3) is 0 Å². The van der Waals surface area contributed by atoms with Crippen molar-refractivity contribution >= 4 is 0 Å². The SMILES string of the molecule is CCCNC1(C2(C)CC2)CC1. The maximum atomic E-state index is 3.72. The van der Waals surface area contributed by atoms with E-state index in [-0.39, 0.29) is 0 Å². The molecule has 0 saturated heterocycles. The monoisotopic (exact) mass is 153 g/mol. The second kappa shape index (κ2) is 2.22. The van der Waals surface area contributed by atoms with E-state index in [0.29, 0.717) is 11.0 Å². The highest BCUT2D eigenvalue weighted by atomic mass is 15.1. The van der Waals surface area contributed by atoms with Crippen LogP contribution in [0.4, 0.5) is 0 Å². The molecule has 1 N–H and O–H groups in total. The Bertz CT molecular complexity index is 154. The third-order valence-electron chi connectivity index (χ3n) is 3.62. The molecule has 0 aromatic rings. The minimum atomic E-state index is 0.600. The summed E-state index contributed by atoms with van der Waals surface area (Å²) < 4.78 is 0. The molecule has 1 nitrogen and oxygen atoms in total. The lowest BCUT2D eigenvalue weighted by Gasteiger charge is -2.24. The van der Waals surface area contributed by atoms with Crippen LogP contribution in [0.2, 0.25) is 0 Å². The Hall–Kier alpha value is -0.0400. The molecule has 1 heteroatoms. The van der Waals surface area contributed by atoms with Gasteiger partial charge in [0, 0.05) is 5.54 Å². The van der Waals surface area contributed by atoms with Gasteiger partial charge in [-0.3, -0.25) is 0 Å². The summed E-state index contributed by atoms with van der Waals surface area (Å²) in [6.07, 6.45) is 7.07. The normalized spacial score (nSPS) is 30.0. The Kier molecular flexibility index (Phi) is 1.54. The molecule has 2 rings (SSSR count). The molecule has 2 fully saturated rings. The van der Waals surface area contributed by atoms with Gasteiger partial charge in [-0.05, 0) is 44.1 Å². The first-order chi connectivity index (χ1) is 5.22. The molecule has 11 heavy (non-hydrogen) atoms. The zero-order valence-corrected chi connectivity index (χ0v) is 7.74. The number of hydrogen-bond donors (Lipinski definition) is 1. The van der Waals surface area contributed by atoms with Gasteiger partial charge in [0.1, 0.15) is 0 Å². The number of nitrogens with one attached hydrogen (secondary N) is 1. The lowest BCUT2D eigenvalue weighted by Crippen LogP contribution is -2.39. The highest BCUT2D eigenvalue weighted by molar-refractivity contribution is 5.18. The van der Waals surface area contributed by atoms with E-state index in [0.717, 1.165) is 0 Å². The van der Waals surface area contributed by atoms with Gasteiger partial charge in [0.2, 0.25) is 0 Å². The fourth-order valence-electron chi connectivity index (χ4n) is 2.15. The molecule has 0 aliphatic heterocycles. The van der Waals surface area contributed by atoms with Gasteiger partial charge in [-0.1, -0.05) is 13.8 Å². The smallest absolute Gasteiger partial charge is 0.0236 e. The van der Waals surface area contributed by atoms with E-state index in [1.807, 2.05) is 0 Å². The van der Waals surface area contributed by atoms with E-state index < -0.39 is 0 Å². The molecule has 64 valence electrons. The second-order valence-electron chi connectivity index (χ2n) is 4.57. The van der Waals surface area contributed by atoms with Crippen LogP contribution < -0.4 is 5.32 Å². The zero-order valence-electron chi connectivity index (χ0n) is 7.74. The van der Waals surface area contributed by atoms with Crippen molar-refractivity contribution in [2.75, 3.05) is 6.54 Å². The fraction of sp³-hybridized carbons (Fsp3) is 1.00. The summed E-state index contributed by atoms with van der Waals surface area (Å²) in [7, 11) is 0. The number of hydrogen-bond acceptors (Lipinski definition) is 1. The zero-order chi connectivity index (χ0) is 7.95. The summed E-state index contributed by atoms with van der Waals surface area (Å²) in [5.41, 5.74) is 1.30. The first-order valence-corrected chi connectivity index (χ1v) is 4.97. The van der Waals surface area contributed by atoms with Crippen molar-refractivity contribution in [2.24, 2.45) is 5.41 Å². The molecular weight excluding hydrogens is 134 g/mol. The fourth-order valence-corrected chi connectivity index (χ4v) is 2.15. The Morgan fingerprint density at radius 2 is 1.82 bits per heavy atom. The molecule has 0 unspecified atom stereocenters. The van der Waals surface area contributed by atoms with Crippen LogP contribution in [0, 0.1) is 5.41 Å². The summed E-state index contributed by atoms with van der Waals surface area (Å²) in [6.45, 7) is 5.91. The molecule has 2 aliphatic carbocycles. The maximum Gasteiger partial charge on any atom is 0.0236 e. The van der Waals surface area contributed by atoms with Crippen molar-refractivity contribution in [3.63, 3.8) is 0 Å². The third kappa shape index (κ3) is 1.10. The predicted octanol–water partition coefficient (Wildman–Crippen LogP) is 2.32. The van der Waals surface area contributed by atoms with Gasteiger partial charge in [-0.25, -0.2) is 0 Å². The third-order valence-corrected chi connectivity index (χ3v) is 3.62. The Morgan fingerprint density at radius 1 is 1.18 bits per heavy atom. The van der Waals surface area contributed by atoms with Gasteiger partial charge in [-0.15, -0.1) is 0 Å². The second-order valence-corrected chi connectivity index (χ2v) is 4.57. The van der Waals surface area contributed by atoms with Crippen LogP contribution in [0.1, 0.15) is 46.0 Å². The molecule has 0 aromatic carbocycles. The summed E-state index contributed by atoms with van der Waals surface area (Å²) in [5, 5.41) is 3.72. The minimum Gasteiger partial charge on any atom is -0.311 e. The Labute approximate surface area is 69.6 Å². The molecule has 0 heterocycles. The molecule has 2 saturated carbocycles. The van der Waals surface area contributed by atoms with Crippen LogP contribution in [-0.4, -0.2) is 12.1 Å². The minimum absolute atomic E-state index is 0.600. The Balaban J connectivity index is 1.89. The first-order valence-electron chi connectivity index (χ1n) is 4.97.